The molecular weight excluding hydrogens is 116 g/mol. The second-order valence-corrected chi connectivity index (χ2v) is 4.41. The van der Waals surface area contributed by atoms with Crippen molar-refractivity contribution in [3.63, 3.8) is 0 Å². The van der Waals surface area contributed by atoms with E-state index in [0.29, 0.717) is 4.75 Å². The standard InChI is InChI=1S/C7H12S/c1-5-6-8-7(2,3)4/h1H,6H2,2-4H3. The third-order valence-electron chi connectivity index (χ3n) is 0.589. The lowest BCUT2D eigenvalue weighted by Gasteiger charge is -2.14. The van der Waals surface area contributed by atoms with Gasteiger partial charge in [0.15, 0.2) is 0 Å². The monoisotopic (exact) mass is 128 g/mol. The van der Waals surface area contributed by atoms with Gasteiger partial charge in [0.05, 0.1) is 5.75 Å². The number of terminal acetylenes is 1. The summed E-state index contributed by atoms with van der Waals surface area (Å²) in [6.07, 6.45) is 5.06. The van der Waals surface area contributed by atoms with Crippen LogP contribution in [-0.4, -0.2) is 10.5 Å². The lowest BCUT2D eigenvalue weighted by molar-refractivity contribution is 0.805. The molecule has 0 aliphatic heterocycles. The van der Waals surface area contributed by atoms with Gasteiger partial charge >= 0.3 is 0 Å². The molecule has 0 spiro atoms. The van der Waals surface area contributed by atoms with E-state index in [1.54, 1.807) is 11.8 Å². The number of rotatable bonds is 1. The Morgan fingerprint density at radius 1 is 1.50 bits per heavy atom. The minimum Gasteiger partial charge on any atom is -0.143 e. The zero-order valence-electron chi connectivity index (χ0n) is 5.69. The van der Waals surface area contributed by atoms with E-state index >= 15 is 0 Å². The molecule has 0 heterocycles. The molecule has 46 valence electrons. The molecule has 8 heavy (non-hydrogen) atoms. The maximum Gasteiger partial charge on any atom is 0.0550 e. The average molecular weight is 128 g/mol. The quantitative estimate of drug-likeness (QED) is 0.488. The molecule has 0 N–H and O–H groups in total. The third kappa shape index (κ3) is 5.91. The van der Waals surface area contributed by atoms with E-state index in [-0.39, 0.29) is 0 Å². The second kappa shape index (κ2) is 3.04. The van der Waals surface area contributed by atoms with Gasteiger partial charge in [-0.2, -0.15) is 0 Å². The first-order chi connectivity index (χ1) is 3.56. The van der Waals surface area contributed by atoms with Crippen molar-refractivity contribution in [1.29, 1.82) is 0 Å². The highest BCUT2D eigenvalue weighted by Gasteiger charge is 2.07. The molecular formula is C7H12S. The highest BCUT2D eigenvalue weighted by Crippen LogP contribution is 2.21. The van der Waals surface area contributed by atoms with E-state index in [0.717, 1.165) is 5.75 Å². The summed E-state index contributed by atoms with van der Waals surface area (Å²) in [6, 6.07) is 0. The largest absolute Gasteiger partial charge is 0.143 e. The van der Waals surface area contributed by atoms with E-state index in [9.17, 15) is 0 Å². The number of hydrogen-bond acceptors (Lipinski definition) is 1. The summed E-state index contributed by atoms with van der Waals surface area (Å²) in [7, 11) is 0. The van der Waals surface area contributed by atoms with Crippen LogP contribution in [0.5, 0.6) is 0 Å². The van der Waals surface area contributed by atoms with Crippen LogP contribution < -0.4 is 0 Å². The molecule has 0 radical (unpaired) electrons. The van der Waals surface area contributed by atoms with Crippen LogP contribution in [0.2, 0.25) is 0 Å². The average Bonchev–Trinajstić information content (AvgIpc) is 1.59. The Morgan fingerprint density at radius 2 is 2.00 bits per heavy atom. The fourth-order valence-electron chi connectivity index (χ4n) is 0.258. The van der Waals surface area contributed by atoms with Crippen LogP contribution in [0.4, 0.5) is 0 Å². The van der Waals surface area contributed by atoms with Gasteiger partial charge in [-0.05, 0) is 0 Å². The zero-order chi connectivity index (χ0) is 6.62. The van der Waals surface area contributed by atoms with Crippen molar-refractivity contribution in [2.45, 2.75) is 25.5 Å². The molecule has 0 aliphatic rings. The normalized spacial score (nSPS) is 10.8. The van der Waals surface area contributed by atoms with E-state index in [1.165, 1.54) is 0 Å². The Hall–Kier alpha value is -0.0900. The summed E-state index contributed by atoms with van der Waals surface area (Å²) in [5.41, 5.74) is 0. The first-order valence-electron chi connectivity index (χ1n) is 2.64. The van der Waals surface area contributed by atoms with Gasteiger partial charge in [0.2, 0.25) is 0 Å². The van der Waals surface area contributed by atoms with Crippen LogP contribution >= 0.6 is 11.8 Å². The predicted molar refractivity (Wildman–Crippen MR) is 41.0 cm³/mol. The topological polar surface area (TPSA) is 0 Å². The first-order valence-corrected chi connectivity index (χ1v) is 3.62. The van der Waals surface area contributed by atoms with Crippen molar-refractivity contribution in [3.8, 4) is 12.3 Å². The summed E-state index contributed by atoms with van der Waals surface area (Å²) in [5.74, 6) is 3.41. The van der Waals surface area contributed by atoms with Crippen LogP contribution in [0.3, 0.4) is 0 Å². The minimum atomic E-state index is 0.326. The highest BCUT2D eigenvalue weighted by atomic mass is 32.2. The van der Waals surface area contributed by atoms with E-state index < -0.39 is 0 Å². The minimum absolute atomic E-state index is 0.326. The molecule has 0 aromatic carbocycles. The fourth-order valence-corrected chi connectivity index (χ4v) is 0.775. The van der Waals surface area contributed by atoms with Crippen LogP contribution in [0, 0.1) is 12.3 Å². The molecule has 0 atom stereocenters. The number of hydrogen-bond donors (Lipinski definition) is 0. The third-order valence-corrected chi connectivity index (χ3v) is 1.77. The van der Waals surface area contributed by atoms with Gasteiger partial charge in [-0.25, -0.2) is 0 Å². The first kappa shape index (κ1) is 7.91. The highest BCUT2D eigenvalue weighted by molar-refractivity contribution is 8.00. The van der Waals surface area contributed by atoms with Crippen LogP contribution in [0.1, 0.15) is 20.8 Å². The molecule has 0 aliphatic carbocycles. The van der Waals surface area contributed by atoms with Crippen LogP contribution in [0.15, 0.2) is 0 Å². The molecule has 0 aromatic heterocycles. The summed E-state index contributed by atoms with van der Waals surface area (Å²) in [6.45, 7) is 6.49. The molecule has 0 aromatic rings. The zero-order valence-corrected chi connectivity index (χ0v) is 6.51. The Bertz CT molecular complexity index is 91.9. The summed E-state index contributed by atoms with van der Waals surface area (Å²) in [5, 5.41) is 0. The Kier molecular flexibility index (Phi) is 3.01. The van der Waals surface area contributed by atoms with Crippen molar-refractivity contribution >= 4 is 11.8 Å². The van der Waals surface area contributed by atoms with E-state index in [1.807, 2.05) is 0 Å². The molecule has 0 amide bonds. The van der Waals surface area contributed by atoms with Gasteiger partial charge in [0.25, 0.3) is 0 Å². The molecule has 0 saturated carbocycles. The van der Waals surface area contributed by atoms with Gasteiger partial charge in [-0.3, -0.25) is 0 Å². The summed E-state index contributed by atoms with van der Waals surface area (Å²) in [4.78, 5) is 0. The second-order valence-electron chi connectivity index (χ2n) is 2.61. The van der Waals surface area contributed by atoms with Gasteiger partial charge in [-0.1, -0.05) is 26.7 Å². The summed E-state index contributed by atoms with van der Waals surface area (Å²) < 4.78 is 0.326. The van der Waals surface area contributed by atoms with Crippen molar-refractivity contribution in [3.05, 3.63) is 0 Å². The van der Waals surface area contributed by atoms with E-state index in [4.69, 9.17) is 6.42 Å². The van der Waals surface area contributed by atoms with Crippen LogP contribution in [0.25, 0.3) is 0 Å². The Morgan fingerprint density at radius 3 is 2.12 bits per heavy atom. The van der Waals surface area contributed by atoms with Crippen LogP contribution in [-0.2, 0) is 0 Å². The lowest BCUT2D eigenvalue weighted by atomic mass is 10.3. The fraction of sp³-hybridized carbons (Fsp3) is 0.714. The van der Waals surface area contributed by atoms with Crippen molar-refractivity contribution < 1.29 is 0 Å². The van der Waals surface area contributed by atoms with Crippen molar-refractivity contribution in [1.82, 2.24) is 0 Å². The van der Waals surface area contributed by atoms with Crippen molar-refractivity contribution in [2.24, 2.45) is 0 Å². The summed E-state index contributed by atoms with van der Waals surface area (Å²) >= 11 is 1.80. The SMILES string of the molecule is C#CCSC(C)(C)C. The van der Waals surface area contributed by atoms with Crippen molar-refractivity contribution in [2.75, 3.05) is 5.75 Å². The molecule has 0 unspecified atom stereocenters. The number of thioether (sulfide) groups is 1. The van der Waals surface area contributed by atoms with Gasteiger partial charge in [-0.15, -0.1) is 18.2 Å². The van der Waals surface area contributed by atoms with Gasteiger partial charge in [0.1, 0.15) is 0 Å². The molecule has 0 fully saturated rings. The maximum atomic E-state index is 5.06. The Labute approximate surface area is 56.1 Å². The maximum absolute atomic E-state index is 5.06. The van der Waals surface area contributed by atoms with E-state index in [2.05, 4.69) is 26.7 Å². The van der Waals surface area contributed by atoms with Gasteiger partial charge in [0, 0.05) is 4.75 Å². The smallest absolute Gasteiger partial charge is 0.0550 e. The molecule has 0 saturated heterocycles. The molecule has 1 heteroatoms. The molecule has 0 rings (SSSR count). The Balaban J connectivity index is 3.28. The molecule has 0 nitrogen and oxygen atoms in total. The van der Waals surface area contributed by atoms with Gasteiger partial charge < -0.3 is 0 Å². The molecule has 0 bridgehead atoms. The lowest BCUT2D eigenvalue weighted by Crippen LogP contribution is -2.07. The predicted octanol–water partition coefficient (Wildman–Crippen LogP) is 2.15.